The molecule has 21 heavy (non-hydrogen) atoms. The summed E-state index contributed by atoms with van der Waals surface area (Å²) in [7, 11) is 0. The van der Waals surface area contributed by atoms with E-state index in [4.69, 9.17) is 34.8 Å². The number of nitrogens with one attached hydrogen (secondary N) is 1. The first-order chi connectivity index (χ1) is 10.1. The molecular formula is C17H16Cl3N. The highest BCUT2D eigenvalue weighted by molar-refractivity contribution is 6.35. The van der Waals surface area contributed by atoms with Gasteiger partial charge in [0.05, 0.1) is 0 Å². The van der Waals surface area contributed by atoms with Crippen LogP contribution in [-0.2, 0) is 12.8 Å². The van der Waals surface area contributed by atoms with Crippen LogP contribution in [0.3, 0.4) is 0 Å². The molecule has 0 fully saturated rings. The van der Waals surface area contributed by atoms with E-state index in [9.17, 15) is 0 Å². The van der Waals surface area contributed by atoms with Crippen LogP contribution in [0, 0.1) is 0 Å². The molecule has 0 aliphatic heterocycles. The Hall–Kier alpha value is -0.730. The molecular weight excluding hydrogens is 325 g/mol. The Kier molecular flexibility index (Phi) is 4.75. The summed E-state index contributed by atoms with van der Waals surface area (Å²) in [6.45, 7) is 0.897. The van der Waals surface area contributed by atoms with Gasteiger partial charge in [-0.2, -0.15) is 0 Å². The standard InChI is InChI=1S/C17H16Cl3N/c18-13-4-5-15-12(9-13)2-6-17(15)21-8-7-11-1-3-14(19)10-16(11)20/h1,3-5,9-10,17,21H,2,6-8H2. The van der Waals surface area contributed by atoms with Gasteiger partial charge in [0.2, 0.25) is 0 Å². The van der Waals surface area contributed by atoms with Crippen LogP contribution < -0.4 is 5.32 Å². The van der Waals surface area contributed by atoms with Crippen molar-refractivity contribution >= 4 is 34.8 Å². The van der Waals surface area contributed by atoms with Crippen molar-refractivity contribution in [3.63, 3.8) is 0 Å². The molecule has 0 spiro atoms. The van der Waals surface area contributed by atoms with Crippen LogP contribution in [0.5, 0.6) is 0 Å². The molecule has 1 nitrogen and oxygen atoms in total. The summed E-state index contributed by atoms with van der Waals surface area (Å²) in [6, 6.07) is 12.3. The smallest absolute Gasteiger partial charge is 0.0453 e. The van der Waals surface area contributed by atoms with Crippen molar-refractivity contribution < 1.29 is 0 Å². The maximum atomic E-state index is 6.20. The van der Waals surface area contributed by atoms with Gasteiger partial charge in [-0.3, -0.25) is 0 Å². The number of halogens is 3. The van der Waals surface area contributed by atoms with Gasteiger partial charge in [-0.05, 0) is 66.8 Å². The fourth-order valence-corrected chi connectivity index (χ4v) is 3.60. The van der Waals surface area contributed by atoms with Gasteiger partial charge >= 0.3 is 0 Å². The molecule has 1 atom stereocenters. The van der Waals surface area contributed by atoms with Crippen molar-refractivity contribution in [1.82, 2.24) is 5.32 Å². The third kappa shape index (κ3) is 3.54. The van der Waals surface area contributed by atoms with Crippen LogP contribution in [-0.4, -0.2) is 6.54 Å². The minimum absolute atomic E-state index is 0.420. The number of rotatable bonds is 4. The van der Waals surface area contributed by atoms with Crippen molar-refractivity contribution in [2.24, 2.45) is 0 Å². The van der Waals surface area contributed by atoms with Crippen LogP contribution in [0.4, 0.5) is 0 Å². The molecule has 4 heteroatoms. The monoisotopic (exact) mass is 339 g/mol. The fourth-order valence-electron chi connectivity index (χ4n) is 2.90. The molecule has 110 valence electrons. The minimum Gasteiger partial charge on any atom is -0.310 e. The summed E-state index contributed by atoms with van der Waals surface area (Å²) in [5.74, 6) is 0. The molecule has 1 aliphatic rings. The van der Waals surface area contributed by atoms with E-state index in [0.717, 1.165) is 41.4 Å². The first kappa shape index (κ1) is 15.2. The second-order valence-corrected chi connectivity index (χ2v) is 6.65. The lowest BCUT2D eigenvalue weighted by molar-refractivity contribution is 0.534. The van der Waals surface area contributed by atoms with Crippen LogP contribution >= 0.6 is 34.8 Å². The highest BCUT2D eigenvalue weighted by Gasteiger charge is 2.21. The maximum absolute atomic E-state index is 6.20. The Morgan fingerprint density at radius 3 is 2.57 bits per heavy atom. The summed E-state index contributed by atoms with van der Waals surface area (Å²) in [5.41, 5.74) is 3.87. The van der Waals surface area contributed by atoms with Gasteiger partial charge in [0.15, 0.2) is 0 Å². The van der Waals surface area contributed by atoms with E-state index < -0.39 is 0 Å². The normalized spacial score (nSPS) is 17.0. The number of benzene rings is 2. The van der Waals surface area contributed by atoms with Gasteiger partial charge in [0.1, 0.15) is 0 Å². The zero-order chi connectivity index (χ0) is 14.8. The quantitative estimate of drug-likeness (QED) is 0.778. The second kappa shape index (κ2) is 6.58. The van der Waals surface area contributed by atoms with Crippen LogP contribution in [0.25, 0.3) is 0 Å². The van der Waals surface area contributed by atoms with Crippen LogP contribution in [0.1, 0.15) is 29.2 Å². The Bertz CT molecular complexity index is 654. The van der Waals surface area contributed by atoms with Crippen LogP contribution in [0.2, 0.25) is 15.1 Å². The molecule has 0 heterocycles. The Balaban J connectivity index is 1.60. The summed E-state index contributed by atoms with van der Waals surface area (Å²) < 4.78 is 0. The van der Waals surface area contributed by atoms with E-state index in [1.807, 2.05) is 18.2 Å². The van der Waals surface area contributed by atoms with Gasteiger partial charge in [-0.25, -0.2) is 0 Å². The predicted molar refractivity (Wildman–Crippen MR) is 90.7 cm³/mol. The highest BCUT2D eigenvalue weighted by Crippen LogP contribution is 2.32. The molecule has 3 rings (SSSR count). The third-order valence-corrected chi connectivity index (χ3v) is 4.81. The topological polar surface area (TPSA) is 12.0 Å². The number of aryl methyl sites for hydroxylation is 1. The van der Waals surface area contributed by atoms with Gasteiger partial charge in [-0.15, -0.1) is 0 Å². The number of hydrogen-bond donors (Lipinski definition) is 1. The van der Waals surface area contributed by atoms with Gasteiger partial charge < -0.3 is 5.32 Å². The van der Waals surface area contributed by atoms with E-state index in [2.05, 4.69) is 17.4 Å². The van der Waals surface area contributed by atoms with Crippen LogP contribution in [0.15, 0.2) is 36.4 Å². The molecule has 1 aliphatic carbocycles. The van der Waals surface area contributed by atoms with E-state index in [-0.39, 0.29) is 0 Å². The molecule has 1 N–H and O–H groups in total. The zero-order valence-corrected chi connectivity index (χ0v) is 13.8. The van der Waals surface area contributed by atoms with Crippen molar-refractivity contribution in [3.8, 4) is 0 Å². The first-order valence-corrected chi connectivity index (χ1v) is 8.22. The van der Waals surface area contributed by atoms with E-state index in [1.54, 1.807) is 6.07 Å². The average molecular weight is 341 g/mol. The number of fused-ring (bicyclic) bond motifs is 1. The molecule has 0 amide bonds. The maximum Gasteiger partial charge on any atom is 0.0453 e. The highest BCUT2D eigenvalue weighted by atomic mass is 35.5. The Morgan fingerprint density at radius 1 is 1.00 bits per heavy atom. The van der Waals surface area contributed by atoms with Crippen molar-refractivity contribution in [2.75, 3.05) is 6.54 Å². The first-order valence-electron chi connectivity index (χ1n) is 7.09. The molecule has 2 aromatic carbocycles. The lowest BCUT2D eigenvalue weighted by Crippen LogP contribution is -2.22. The molecule has 2 aromatic rings. The van der Waals surface area contributed by atoms with Crippen molar-refractivity contribution in [1.29, 1.82) is 0 Å². The van der Waals surface area contributed by atoms with E-state index in [0.29, 0.717) is 11.1 Å². The largest absolute Gasteiger partial charge is 0.310 e. The third-order valence-electron chi connectivity index (χ3n) is 3.98. The minimum atomic E-state index is 0.420. The predicted octanol–water partition coefficient (Wildman–Crippen LogP) is 5.47. The number of hydrogen-bond acceptors (Lipinski definition) is 1. The van der Waals surface area contributed by atoms with E-state index >= 15 is 0 Å². The Labute approximate surface area is 140 Å². The molecule has 0 aromatic heterocycles. The average Bonchev–Trinajstić information content (AvgIpc) is 2.83. The zero-order valence-electron chi connectivity index (χ0n) is 11.5. The fraction of sp³-hybridized carbons (Fsp3) is 0.294. The summed E-state index contributed by atoms with van der Waals surface area (Å²) >= 11 is 18.1. The lowest BCUT2D eigenvalue weighted by atomic mass is 10.1. The SMILES string of the molecule is Clc1ccc(CCNC2CCc3cc(Cl)ccc32)c(Cl)c1. The lowest BCUT2D eigenvalue weighted by Gasteiger charge is -2.14. The molecule has 0 saturated heterocycles. The molecule has 0 saturated carbocycles. The second-order valence-electron chi connectivity index (χ2n) is 5.37. The molecule has 1 unspecified atom stereocenters. The molecule has 0 bridgehead atoms. The van der Waals surface area contributed by atoms with Crippen molar-refractivity contribution in [3.05, 3.63) is 68.2 Å². The van der Waals surface area contributed by atoms with E-state index in [1.165, 1.54) is 11.1 Å². The molecule has 0 radical (unpaired) electrons. The summed E-state index contributed by atoms with van der Waals surface area (Å²) in [6.07, 6.45) is 3.12. The van der Waals surface area contributed by atoms with Gasteiger partial charge in [0, 0.05) is 21.1 Å². The van der Waals surface area contributed by atoms with Gasteiger partial charge in [0.25, 0.3) is 0 Å². The summed E-state index contributed by atoms with van der Waals surface area (Å²) in [4.78, 5) is 0. The van der Waals surface area contributed by atoms with Crippen molar-refractivity contribution in [2.45, 2.75) is 25.3 Å². The van der Waals surface area contributed by atoms with Gasteiger partial charge in [-0.1, -0.05) is 46.9 Å². The summed E-state index contributed by atoms with van der Waals surface area (Å²) in [5, 5.41) is 5.85. The Morgan fingerprint density at radius 2 is 1.76 bits per heavy atom.